The van der Waals surface area contributed by atoms with Crippen molar-refractivity contribution >= 4 is 5.78 Å². The molecule has 0 aromatic heterocycles. The Morgan fingerprint density at radius 1 is 1.29 bits per heavy atom. The molecule has 0 aliphatic heterocycles. The van der Waals surface area contributed by atoms with Crippen molar-refractivity contribution in [2.45, 2.75) is 60.8 Å². The van der Waals surface area contributed by atoms with Gasteiger partial charge >= 0.3 is 0 Å². The molecule has 0 aliphatic rings. The van der Waals surface area contributed by atoms with Gasteiger partial charge in [-0.3, -0.25) is 4.79 Å². The van der Waals surface area contributed by atoms with E-state index in [-0.39, 0.29) is 17.8 Å². The highest BCUT2D eigenvalue weighted by atomic mass is 16.3. The highest BCUT2D eigenvalue weighted by molar-refractivity contribution is 5.93. The number of hydrogen-bond acceptors (Lipinski definition) is 2. The summed E-state index contributed by atoms with van der Waals surface area (Å²) in [6.07, 6.45) is 2.79. The molecule has 17 heavy (non-hydrogen) atoms. The maximum atomic E-state index is 11.4. The largest absolute Gasteiger partial charge is 0.396 e. The number of hydrogen-bond donors (Lipinski definition) is 1. The van der Waals surface area contributed by atoms with Crippen LogP contribution in [0.1, 0.15) is 60.8 Å². The highest BCUT2D eigenvalue weighted by Gasteiger charge is 2.30. The number of Topliss-reactive ketones (excluding diaryl/α,β-unsaturated/α-hetero) is 1. The van der Waals surface area contributed by atoms with Crippen LogP contribution in [0.2, 0.25) is 0 Å². The number of aliphatic hydroxyl groups is 1. The summed E-state index contributed by atoms with van der Waals surface area (Å²) in [5.41, 5.74) is 2.12. The van der Waals surface area contributed by atoms with Gasteiger partial charge < -0.3 is 5.11 Å². The third-order valence-corrected chi connectivity index (χ3v) is 4.32. The van der Waals surface area contributed by atoms with Gasteiger partial charge in [0.15, 0.2) is 5.78 Å². The summed E-state index contributed by atoms with van der Waals surface area (Å²) in [4.78, 5) is 11.4. The smallest absolute Gasteiger partial charge is 0.155 e. The van der Waals surface area contributed by atoms with Crippen LogP contribution in [0, 0.1) is 11.3 Å². The van der Waals surface area contributed by atoms with Crippen molar-refractivity contribution in [3.63, 3.8) is 0 Å². The molecule has 0 aromatic rings. The zero-order valence-corrected chi connectivity index (χ0v) is 12.3. The Hall–Kier alpha value is -0.630. The van der Waals surface area contributed by atoms with E-state index in [1.54, 1.807) is 6.92 Å². The molecule has 2 unspecified atom stereocenters. The number of aliphatic hydroxyl groups excluding tert-OH is 1. The van der Waals surface area contributed by atoms with Crippen molar-refractivity contribution in [2.75, 3.05) is 6.61 Å². The molecule has 0 amide bonds. The van der Waals surface area contributed by atoms with Crippen LogP contribution < -0.4 is 0 Å². The molecule has 0 saturated carbocycles. The zero-order valence-electron chi connectivity index (χ0n) is 12.3. The summed E-state index contributed by atoms with van der Waals surface area (Å²) in [5.74, 6) is 0.697. The SMILES string of the molecule is CCC(C)C(C)(CCO)C/C(C)=C(/C)C(C)=O. The first-order valence-corrected chi connectivity index (χ1v) is 6.56. The van der Waals surface area contributed by atoms with Crippen LogP contribution in [-0.4, -0.2) is 17.5 Å². The monoisotopic (exact) mass is 240 g/mol. The van der Waals surface area contributed by atoms with E-state index in [0.717, 1.165) is 30.4 Å². The van der Waals surface area contributed by atoms with E-state index in [9.17, 15) is 9.90 Å². The third kappa shape index (κ3) is 4.63. The maximum absolute atomic E-state index is 11.4. The summed E-state index contributed by atoms with van der Waals surface area (Å²) in [6, 6.07) is 0. The minimum Gasteiger partial charge on any atom is -0.396 e. The van der Waals surface area contributed by atoms with Gasteiger partial charge in [0.05, 0.1) is 0 Å². The lowest BCUT2D eigenvalue weighted by Gasteiger charge is -2.36. The first-order valence-electron chi connectivity index (χ1n) is 6.56. The number of carbonyl (C=O) groups excluding carboxylic acids is 1. The second-order valence-corrected chi connectivity index (χ2v) is 5.58. The van der Waals surface area contributed by atoms with Gasteiger partial charge in [0.25, 0.3) is 0 Å². The van der Waals surface area contributed by atoms with Crippen LogP contribution in [0.4, 0.5) is 0 Å². The summed E-state index contributed by atoms with van der Waals surface area (Å²) in [6.45, 7) is 12.4. The van der Waals surface area contributed by atoms with Gasteiger partial charge in [-0.15, -0.1) is 0 Å². The molecule has 100 valence electrons. The number of carbonyl (C=O) groups is 1. The van der Waals surface area contributed by atoms with Crippen LogP contribution >= 0.6 is 0 Å². The molecule has 0 spiro atoms. The first kappa shape index (κ1) is 16.4. The van der Waals surface area contributed by atoms with E-state index < -0.39 is 0 Å². The Labute approximate surface area is 106 Å². The molecule has 0 aliphatic carbocycles. The highest BCUT2D eigenvalue weighted by Crippen LogP contribution is 2.39. The lowest BCUT2D eigenvalue weighted by atomic mass is 9.70. The molecular weight excluding hydrogens is 212 g/mol. The fourth-order valence-electron chi connectivity index (χ4n) is 2.30. The molecule has 0 aromatic carbocycles. The van der Waals surface area contributed by atoms with Crippen molar-refractivity contribution in [3.05, 3.63) is 11.1 Å². The minimum absolute atomic E-state index is 0.0876. The Bertz CT molecular complexity index is 291. The molecule has 2 heteroatoms. The van der Waals surface area contributed by atoms with Gasteiger partial charge in [0, 0.05) is 6.61 Å². The number of allylic oxidation sites excluding steroid dienone is 2. The Kier molecular flexibility index (Phi) is 6.69. The predicted octanol–water partition coefficient (Wildman–Crippen LogP) is 3.74. The number of ketones is 1. The normalized spacial score (nSPS) is 18.3. The lowest BCUT2D eigenvalue weighted by Crippen LogP contribution is -2.27. The van der Waals surface area contributed by atoms with E-state index in [1.807, 2.05) is 13.8 Å². The van der Waals surface area contributed by atoms with Gasteiger partial charge in [0.2, 0.25) is 0 Å². The Balaban J connectivity index is 5.00. The van der Waals surface area contributed by atoms with Crippen LogP contribution in [0.15, 0.2) is 11.1 Å². The fraction of sp³-hybridized carbons (Fsp3) is 0.800. The van der Waals surface area contributed by atoms with Crippen LogP contribution in [-0.2, 0) is 4.79 Å². The molecule has 0 fully saturated rings. The summed E-state index contributed by atoms with van der Waals surface area (Å²) < 4.78 is 0. The van der Waals surface area contributed by atoms with Crippen LogP contribution in [0.3, 0.4) is 0 Å². The van der Waals surface area contributed by atoms with Crippen LogP contribution in [0.5, 0.6) is 0 Å². The lowest BCUT2D eigenvalue weighted by molar-refractivity contribution is -0.113. The van der Waals surface area contributed by atoms with Crippen molar-refractivity contribution in [3.8, 4) is 0 Å². The predicted molar refractivity (Wildman–Crippen MR) is 72.9 cm³/mol. The molecule has 0 rings (SSSR count). The van der Waals surface area contributed by atoms with Gasteiger partial charge in [-0.1, -0.05) is 32.8 Å². The van der Waals surface area contributed by atoms with E-state index in [4.69, 9.17) is 0 Å². The number of rotatable bonds is 7. The molecule has 0 heterocycles. The molecule has 0 radical (unpaired) electrons. The third-order valence-electron chi connectivity index (χ3n) is 4.32. The van der Waals surface area contributed by atoms with Gasteiger partial charge in [0.1, 0.15) is 0 Å². The topological polar surface area (TPSA) is 37.3 Å². The maximum Gasteiger partial charge on any atom is 0.155 e. The molecule has 2 nitrogen and oxygen atoms in total. The van der Waals surface area contributed by atoms with Crippen LogP contribution in [0.25, 0.3) is 0 Å². The molecule has 2 atom stereocenters. The molecule has 1 N–H and O–H groups in total. The van der Waals surface area contributed by atoms with Gasteiger partial charge in [-0.2, -0.15) is 0 Å². The van der Waals surface area contributed by atoms with Crippen molar-refractivity contribution in [1.82, 2.24) is 0 Å². The second-order valence-electron chi connectivity index (χ2n) is 5.58. The second kappa shape index (κ2) is 6.95. The molecule has 0 bridgehead atoms. The van der Waals surface area contributed by atoms with Gasteiger partial charge in [-0.05, 0) is 50.5 Å². The zero-order chi connectivity index (χ0) is 13.6. The average molecular weight is 240 g/mol. The quantitative estimate of drug-likeness (QED) is 0.688. The minimum atomic E-state index is 0.0876. The summed E-state index contributed by atoms with van der Waals surface area (Å²) in [7, 11) is 0. The molecule has 0 saturated heterocycles. The summed E-state index contributed by atoms with van der Waals surface area (Å²) >= 11 is 0. The van der Waals surface area contributed by atoms with Crippen molar-refractivity contribution < 1.29 is 9.90 Å². The molecular formula is C15H28O2. The first-order chi connectivity index (χ1) is 7.78. The van der Waals surface area contributed by atoms with E-state index >= 15 is 0 Å². The average Bonchev–Trinajstić information content (AvgIpc) is 2.26. The van der Waals surface area contributed by atoms with E-state index in [1.165, 1.54) is 0 Å². The Morgan fingerprint density at radius 2 is 1.82 bits per heavy atom. The van der Waals surface area contributed by atoms with Gasteiger partial charge in [-0.25, -0.2) is 0 Å². The standard InChI is InChI=1S/C15H28O2/c1-7-12(3)15(6,8-9-16)10-11(2)13(4)14(5)17/h12,16H,7-10H2,1-6H3/b13-11-. The van der Waals surface area contributed by atoms with E-state index in [0.29, 0.717) is 5.92 Å². The fourth-order valence-corrected chi connectivity index (χ4v) is 2.30. The van der Waals surface area contributed by atoms with Crippen molar-refractivity contribution in [1.29, 1.82) is 0 Å². The summed E-state index contributed by atoms with van der Waals surface area (Å²) in [5, 5.41) is 9.22. The Morgan fingerprint density at radius 3 is 2.18 bits per heavy atom. The van der Waals surface area contributed by atoms with E-state index in [2.05, 4.69) is 20.8 Å². The van der Waals surface area contributed by atoms with Crippen molar-refractivity contribution in [2.24, 2.45) is 11.3 Å².